The summed E-state index contributed by atoms with van der Waals surface area (Å²) in [5.41, 5.74) is 4.65. The molecule has 0 radical (unpaired) electrons. The molecule has 2 N–H and O–H groups in total. The van der Waals surface area contributed by atoms with Gasteiger partial charge in [-0.05, 0) is 49.4 Å². The first kappa shape index (κ1) is 15.5. The van der Waals surface area contributed by atoms with E-state index in [9.17, 15) is 0 Å². The van der Waals surface area contributed by atoms with Crippen molar-refractivity contribution in [1.82, 2.24) is 4.98 Å². The molecule has 2 aromatic rings. The maximum atomic E-state index is 8.74. The second-order valence-corrected chi connectivity index (χ2v) is 5.98. The highest BCUT2D eigenvalue weighted by atomic mass is 35.5. The third-order valence-electron chi connectivity index (χ3n) is 4.01. The first-order valence-electron chi connectivity index (χ1n) is 7.83. The zero-order chi connectivity index (χ0) is 15.4. The number of aromatic nitrogens is 1. The molecule has 5 heteroatoms. The second-order valence-electron chi connectivity index (χ2n) is 5.54. The first-order chi connectivity index (χ1) is 10.8. The number of nitrogens with zero attached hydrogens (tertiary/aromatic N) is 1. The number of ether oxygens (including phenoxy) is 1. The topological polar surface area (TPSA) is 54.4 Å². The number of nitrogens with one attached hydrogen (secondary N) is 1. The molecule has 1 aromatic carbocycles. The van der Waals surface area contributed by atoms with Crippen LogP contribution in [-0.2, 0) is 17.6 Å². The fraction of sp³-hybridized carbons (Fsp3) is 0.471. The number of fused-ring (bicyclic) bond motifs is 2. The number of halogens is 1. The zero-order valence-corrected chi connectivity index (χ0v) is 13.3. The van der Waals surface area contributed by atoms with Gasteiger partial charge in [-0.3, -0.25) is 4.98 Å². The Kier molecular flexibility index (Phi) is 5.13. The predicted octanol–water partition coefficient (Wildman–Crippen LogP) is 3.19. The summed E-state index contributed by atoms with van der Waals surface area (Å²) in [6.45, 7) is 1.74. The first-order valence-corrected chi connectivity index (χ1v) is 8.21. The predicted molar refractivity (Wildman–Crippen MR) is 89.8 cm³/mol. The van der Waals surface area contributed by atoms with Crippen molar-refractivity contribution in [3.63, 3.8) is 0 Å². The molecule has 0 saturated heterocycles. The average molecular weight is 321 g/mol. The summed E-state index contributed by atoms with van der Waals surface area (Å²) in [4.78, 5) is 4.81. The van der Waals surface area contributed by atoms with Crippen molar-refractivity contribution in [1.29, 1.82) is 0 Å². The molecular formula is C17H21ClN2O2. The van der Waals surface area contributed by atoms with E-state index >= 15 is 0 Å². The molecule has 4 nitrogen and oxygen atoms in total. The number of pyridine rings is 1. The lowest BCUT2D eigenvalue weighted by Crippen LogP contribution is -2.15. The van der Waals surface area contributed by atoms with Crippen molar-refractivity contribution in [2.75, 3.05) is 31.7 Å². The maximum Gasteiger partial charge on any atom is 0.0741 e. The number of aliphatic hydroxyl groups is 1. The van der Waals surface area contributed by atoms with Crippen molar-refractivity contribution in [2.45, 2.75) is 25.7 Å². The molecule has 1 aromatic heterocycles. The molecule has 0 unspecified atom stereocenters. The van der Waals surface area contributed by atoms with Crippen LogP contribution in [0.25, 0.3) is 10.9 Å². The van der Waals surface area contributed by atoms with Crippen LogP contribution in [0.3, 0.4) is 0 Å². The lowest BCUT2D eigenvalue weighted by molar-refractivity contribution is 0.0992. The molecule has 1 aliphatic rings. The molecule has 22 heavy (non-hydrogen) atoms. The van der Waals surface area contributed by atoms with E-state index in [0.717, 1.165) is 23.7 Å². The maximum absolute atomic E-state index is 8.74. The molecule has 0 bridgehead atoms. The van der Waals surface area contributed by atoms with E-state index in [-0.39, 0.29) is 6.61 Å². The summed E-state index contributed by atoms with van der Waals surface area (Å²) in [6, 6.07) is 5.88. The summed E-state index contributed by atoms with van der Waals surface area (Å²) in [5.74, 6) is 0. The second kappa shape index (κ2) is 7.27. The molecule has 0 saturated carbocycles. The van der Waals surface area contributed by atoms with Crippen molar-refractivity contribution >= 4 is 28.2 Å². The molecule has 0 atom stereocenters. The smallest absolute Gasteiger partial charge is 0.0741 e. The van der Waals surface area contributed by atoms with Gasteiger partial charge in [0.2, 0.25) is 0 Å². The SMILES string of the molecule is OCCOCCNc1c2c(nc3cc(Cl)ccc13)CCCC2. The minimum Gasteiger partial charge on any atom is -0.394 e. The van der Waals surface area contributed by atoms with E-state index in [0.29, 0.717) is 24.8 Å². The van der Waals surface area contributed by atoms with Crippen molar-refractivity contribution in [2.24, 2.45) is 0 Å². The van der Waals surface area contributed by atoms with E-state index in [1.54, 1.807) is 0 Å². The van der Waals surface area contributed by atoms with Gasteiger partial charge in [-0.2, -0.15) is 0 Å². The van der Waals surface area contributed by atoms with Gasteiger partial charge in [-0.25, -0.2) is 0 Å². The Morgan fingerprint density at radius 2 is 2.09 bits per heavy atom. The highest BCUT2D eigenvalue weighted by Gasteiger charge is 2.18. The Balaban J connectivity index is 1.91. The lowest BCUT2D eigenvalue weighted by Gasteiger charge is -2.21. The van der Waals surface area contributed by atoms with Gasteiger partial charge < -0.3 is 15.2 Å². The number of hydrogen-bond donors (Lipinski definition) is 2. The summed E-state index contributed by atoms with van der Waals surface area (Å²) in [6.07, 6.45) is 4.52. The van der Waals surface area contributed by atoms with Gasteiger partial charge >= 0.3 is 0 Å². The summed E-state index contributed by atoms with van der Waals surface area (Å²) >= 11 is 6.11. The minimum atomic E-state index is 0.0616. The molecule has 0 aliphatic heterocycles. The quantitative estimate of drug-likeness (QED) is 0.803. The third-order valence-corrected chi connectivity index (χ3v) is 4.24. The van der Waals surface area contributed by atoms with Crippen LogP contribution in [0.5, 0.6) is 0 Å². The Morgan fingerprint density at radius 3 is 2.95 bits per heavy atom. The van der Waals surface area contributed by atoms with Crippen molar-refractivity contribution in [3.8, 4) is 0 Å². The van der Waals surface area contributed by atoms with E-state index in [1.165, 1.54) is 29.8 Å². The number of benzene rings is 1. The van der Waals surface area contributed by atoms with Crippen LogP contribution in [-0.4, -0.2) is 36.5 Å². The molecule has 0 fully saturated rings. The van der Waals surface area contributed by atoms with Crippen molar-refractivity contribution < 1.29 is 9.84 Å². The van der Waals surface area contributed by atoms with Gasteiger partial charge in [-0.1, -0.05) is 11.6 Å². The van der Waals surface area contributed by atoms with E-state index in [2.05, 4.69) is 5.32 Å². The fourth-order valence-corrected chi connectivity index (χ4v) is 3.18. The van der Waals surface area contributed by atoms with Crippen LogP contribution in [0.15, 0.2) is 18.2 Å². The van der Waals surface area contributed by atoms with E-state index < -0.39 is 0 Å². The standard InChI is InChI=1S/C17H21ClN2O2/c18-12-5-6-14-16(11-12)20-15-4-2-1-3-13(15)17(14)19-7-9-22-10-8-21/h5-6,11,21H,1-4,7-10H2,(H,19,20). The summed E-state index contributed by atoms with van der Waals surface area (Å²) < 4.78 is 5.33. The number of aliphatic hydroxyl groups excluding tert-OH is 1. The van der Waals surface area contributed by atoms with Crippen LogP contribution in [0.2, 0.25) is 5.02 Å². The number of anilines is 1. The molecule has 1 heterocycles. The number of aryl methyl sites for hydroxylation is 1. The average Bonchev–Trinajstić information content (AvgIpc) is 2.53. The largest absolute Gasteiger partial charge is 0.394 e. The molecule has 0 spiro atoms. The van der Waals surface area contributed by atoms with E-state index in [4.69, 9.17) is 26.4 Å². The Morgan fingerprint density at radius 1 is 1.23 bits per heavy atom. The summed E-state index contributed by atoms with van der Waals surface area (Å²) in [5, 5.41) is 14.1. The van der Waals surface area contributed by atoms with Gasteiger partial charge in [0.05, 0.1) is 25.3 Å². The van der Waals surface area contributed by atoms with Gasteiger partial charge in [0.15, 0.2) is 0 Å². The Bertz CT molecular complexity index is 661. The highest BCUT2D eigenvalue weighted by molar-refractivity contribution is 6.31. The Labute approximate surface area is 135 Å². The van der Waals surface area contributed by atoms with Gasteiger partial charge in [0, 0.05) is 28.3 Å². The van der Waals surface area contributed by atoms with Crippen LogP contribution in [0.1, 0.15) is 24.1 Å². The minimum absolute atomic E-state index is 0.0616. The molecule has 1 aliphatic carbocycles. The van der Waals surface area contributed by atoms with Crippen LogP contribution in [0.4, 0.5) is 5.69 Å². The van der Waals surface area contributed by atoms with Crippen molar-refractivity contribution in [3.05, 3.63) is 34.5 Å². The lowest BCUT2D eigenvalue weighted by atomic mass is 9.92. The van der Waals surface area contributed by atoms with Crippen LogP contribution >= 0.6 is 11.6 Å². The monoisotopic (exact) mass is 320 g/mol. The van der Waals surface area contributed by atoms with Gasteiger partial charge in [0.25, 0.3) is 0 Å². The molecule has 0 amide bonds. The third kappa shape index (κ3) is 3.35. The van der Waals surface area contributed by atoms with Crippen LogP contribution in [0, 0.1) is 0 Å². The highest BCUT2D eigenvalue weighted by Crippen LogP contribution is 2.34. The molecular weight excluding hydrogens is 300 g/mol. The Hall–Kier alpha value is -1.36. The molecule has 118 valence electrons. The normalized spacial score (nSPS) is 14.1. The summed E-state index contributed by atoms with van der Waals surface area (Å²) in [7, 11) is 0. The van der Waals surface area contributed by atoms with E-state index in [1.807, 2.05) is 18.2 Å². The van der Waals surface area contributed by atoms with Gasteiger partial charge in [-0.15, -0.1) is 0 Å². The van der Waals surface area contributed by atoms with Crippen LogP contribution < -0.4 is 5.32 Å². The zero-order valence-electron chi connectivity index (χ0n) is 12.6. The van der Waals surface area contributed by atoms with Gasteiger partial charge in [0.1, 0.15) is 0 Å². The molecule has 3 rings (SSSR count). The fourth-order valence-electron chi connectivity index (χ4n) is 3.02. The number of hydrogen-bond acceptors (Lipinski definition) is 4. The number of rotatable bonds is 6.